The maximum atomic E-state index is 5.38. The second-order valence-electron chi connectivity index (χ2n) is 4.62. The van der Waals surface area contributed by atoms with Gasteiger partial charge in [0.1, 0.15) is 0 Å². The average Bonchev–Trinajstić information content (AvgIpc) is 2.53. The Labute approximate surface area is 123 Å². The van der Waals surface area contributed by atoms with Gasteiger partial charge in [0.2, 0.25) is 0 Å². The predicted octanol–water partition coefficient (Wildman–Crippen LogP) is 5.22. The summed E-state index contributed by atoms with van der Waals surface area (Å²) in [5.41, 5.74) is 2.55. The van der Waals surface area contributed by atoms with Crippen LogP contribution in [0.4, 0.5) is 0 Å². The molecular weight excluding hydrogens is 264 g/mol. The largest absolute Gasteiger partial charge is 0.318 e. The molecule has 0 radical (unpaired) electrons. The fourth-order valence-corrected chi connectivity index (χ4v) is 3.26. The smallest absolute Gasteiger partial charge is 0.0816 e. The zero-order chi connectivity index (χ0) is 13.8. The number of rotatable bonds is 4. The Morgan fingerprint density at radius 2 is 1.50 bits per heavy atom. The zero-order valence-electron chi connectivity index (χ0n) is 11.3. The Morgan fingerprint density at radius 3 is 2.30 bits per heavy atom. The van der Waals surface area contributed by atoms with Gasteiger partial charge in [-0.3, -0.25) is 0 Å². The van der Waals surface area contributed by atoms with Crippen LogP contribution in [0.15, 0.2) is 72.8 Å². The third kappa shape index (κ3) is 2.58. The molecular formula is C18H16OS. The van der Waals surface area contributed by atoms with Crippen molar-refractivity contribution >= 4 is 22.8 Å². The molecule has 3 rings (SSSR count). The Balaban J connectivity index is 2.15. The van der Waals surface area contributed by atoms with Crippen LogP contribution >= 0.6 is 12.0 Å². The summed E-state index contributed by atoms with van der Waals surface area (Å²) in [6, 6.07) is 25.4. The molecule has 0 aliphatic rings. The van der Waals surface area contributed by atoms with Gasteiger partial charge in [0.15, 0.2) is 0 Å². The lowest BCUT2D eigenvalue weighted by Gasteiger charge is -2.18. The quantitative estimate of drug-likeness (QED) is 0.606. The molecule has 3 aromatic rings. The number of hydrogen-bond acceptors (Lipinski definition) is 2. The predicted molar refractivity (Wildman–Crippen MR) is 86.8 cm³/mol. The van der Waals surface area contributed by atoms with Crippen LogP contribution in [0.5, 0.6) is 0 Å². The van der Waals surface area contributed by atoms with Gasteiger partial charge < -0.3 is 4.18 Å². The van der Waals surface area contributed by atoms with Gasteiger partial charge in [-0.1, -0.05) is 72.8 Å². The fraction of sp³-hybridized carbons (Fsp3) is 0.111. The topological polar surface area (TPSA) is 9.23 Å². The normalized spacial score (nSPS) is 12.4. The highest BCUT2D eigenvalue weighted by Crippen LogP contribution is 2.39. The highest BCUT2D eigenvalue weighted by Gasteiger charge is 2.17. The molecule has 0 heterocycles. The summed E-state index contributed by atoms with van der Waals surface area (Å²) in [5, 5.41) is 2.74. The average molecular weight is 280 g/mol. The minimum atomic E-state index is 0.187. The van der Waals surface area contributed by atoms with Gasteiger partial charge >= 0.3 is 0 Å². The first kappa shape index (κ1) is 13.2. The molecule has 2 heteroatoms. The summed E-state index contributed by atoms with van der Waals surface area (Å²) >= 11 is 1.50. The van der Waals surface area contributed by atoms with Crippen molar-refractivity contribution in [3.8, 4) is 0 Å². The third-order valence-electron chi connectivity index (χ3n) is 3.40. The lowest BCUT2D eigenvalue weighted by molar-refractivity contribution is 0.486. The summed E-state index contributed by atoms with van der Waals surface area (Å²) < 4.78 is 5.38. The SMILES string of the molecule is COSC(c1ccccc1)c1cccc2ccccc12. The van der Waals surface area contributed by atoms with E-state index in [2.05, 4.69) is 66.7 Å². The minimum absolute atomic E-state index is 0.187. The molecule has 1 atom stereocenters. The first-order chi connectivity index (χ1) is 9.90. The van der Waals surface area contributed by atoms with Crippen LogP contribution in [0.2, 0.25) is 0 Å². The van der Waals surface area contributed by atoms with Crippen LogP contribution < -0.4 is 0 Å². The van der Waals surface area contributed by atoms with Crippen molar-refractivity contribution in [3.63, 3.8) is 0 Å². The van der Waals surface area contributed by atoms with Crippen LogP contribution in [-0.2, 0) is 4.18 Å². The van der Waals surface area contributed by atoms with E-state index in [1.807, 2.05) is 6.07 Å². The second kappa shape index (κ2) is 6.12. The van der Waals surface area contributed by atoms with Gasteiger partial charge in [-0.25, -0.2) is 0 Å². The summed E-state index contributed by atoms with van der Waals surface area (Å²) in [7, 11) is 1.73. The molecule has 0 aliphatic heterocycles. The molecule has 0 aliphatic carbocycles. The maximum Gasteiger partial charge on any atom is 0.0816 e. The second-order valence-corrected chi connectivity index (χ2v) is 5.62. The third-order valence-corrected chi connectivity index (χ3v) is 4.31. The standard InChI is InChI=1S/C18H16OS/c1-19-20-18(15-9-3-2-4-10-15)17-13-7-11-14-8-5-6-12-16(14)17/h2-13,18H,1H3. The molecule has 0 fully saturated rings. The molecule has 0 saturated heterocycles. The Bertz CT molecular complexity index is 689. The van der Waals surface area contributed by atoms with E-state index in [9.17, 15) is 0 Å². The summed E-state index contributed by atoms with van der Waals surface area (Å²) in [5.74, 6) is 0. The van der Waals surface area contributed by atoms with Crippen LogP contribution in [0.3, 0.4) is 0 Å². The van der Waals surface area contributed by atoms with E-state index in [1.165, 1.54) is 33.9 Å². The van der Waals surface area contributed by atoms with Gasteiger partial charge in [-0.15, -0.1) is 0 Å². The maximum absolute atomic E-state index is 5.38. The number of hydrogen-bond donors (Lipinski definition) is 0. The highest BCUT2D eigenvalue weighted by molar-refractivity contribution is 7.95. The van der Waals surface area contributed by atoms with Crippen LogP contribution in [0.1, 0.15) is 16.4 Å². The monoisotopic (exact) mass is 280 g/mol. The van der Waals surface area contributed by atoms with Crippen molar-refractivity contribution in [2.75, 3.05) is 7.11 Å². The molecule has 0 spiro atoms. The molecule has 100 valence electrons. The molecule has 0 bridgehead atoms. The first-order valence-electron chi connectivity index (χ1n) is 6.62. The summed E-state index contributed by atoms with van der Waals surface area (Å²) in [6.45, 7) is 0. The molecule has 20 heavy (non-hydrogen) atoms. The van der Waals surface area contributed by atoms with Crippen LogP contribution in [-0.4, -0.2) is 7.11 Å². The Kier molecular flexibility index (Phi) is 4.05. The van der Waals surface area contributed by atoms with E-state index in [-0.39, 0.29) is 5.25 Å². The van der Waals surface area contributed by atoms with Crippen molar-refractivity contribution in [3.05, 3.63) is 83.9 Å². The fourth-order valence-electron chi connectivity index (χ4n) is 2.49. The molecule has 0 amide bonds. The van der Waals surface area contributed by atoms with Crippen molar-refractivity contribution in [1.82, 2.24) is 0 Å². The number of fused-ring (bicyclic) bond motifs is 1. The van der Waals surface area contributed by atoms with Crippen molar-refractivity contribution < 1.29 is 4.18 Å². The van der Waals surface area contributed by atoms with Crippen LogP contribution in [0.25, 0.3) is 10.8 Å². The molecule has 1 nitrogen and oxygen atoms in total. The highest BCUT2D eigenvalue weighted by atomic mass is 32.2. The van der Waals surface area contributed by atoms with E-state index in [0.717, 1.165) is 0 Å². The van der Waals surface area contributed by atoms with E-state index in [4.69, 9.17) is 4.18 Å². The lowest BCUT2D eigenvalue weighted by atomic mass is 9.98. The van der Waals surface area contributed by atoms with Crippen molar-refractivity contribution in [2.45, 2.75) is 5.25 Å². The summed E-state index contributed by atoms with van der Waals surface area (Å²) in [6.07, 6.45) is 0. The van der Waals surface area contributed by atoms with E-state index in [0.29, 0.717) is 0 Å². The van der Waals surface area contributed by atoms with E-state index >= 15 is 0 Å². The summed E-state index contributed by atoms with van der Waals surface area (Å²) in [4.78, 5) is 0. The molecule has 0 N–H and O–H groups in total. The molecule has 0 aromatic heterocycles. The number of benzene rings is 3. The van der Waals surface area contributed by atoms with Crippen LogP contribution in [0, 0.1) is 0 Å². The van der Waals surface area contributed by atoms with Gasteiger partial charge in [-0.2, -0.15) is 0 Å². The van der Waals surface area contributed by atoms with Crippen molar-refractivity contribution in [1.29, 1.82) is 0 Å². The van der Waals surface area contributed by atoms with Gasteiger partial charge in [0.25, 0.3) is 0 Å². The van der Waals surface area contributed by atoms with Gasteiger partial charge in [0.05, 0.1) is 12.4 Å². The van der Waals surface area contributed by atoms with Crippen molar-refractivity contribution in [2.24, 2.45) is 0 Å². The molecule has 0 saturated carbocycles. The van der Waals surface area contributed by atoms with E-state index < -0.39 is 0 Å². The van der Waals surface area contributed by atoms with Gasteiger partial charge in [0, 0.05) is 12.0 Å². The zero-order valence-corrected chi connectivity index (χ0v) is 12.1. The van der Waals surface area contributed by atoms with E-state index in [1.54, 1.807) is 7.11 Å². The molecule has 1 unspecified atom stereocenters. The Hall–Kier alpha value is -1.77. The first-order valence-corrected chi connectivity index (χ1v) is 7.42. The Morgan fingerprint density at radius 1 is 0.800 bits per heavy atom. The molecule has 3 aromatic carbocycles. The van der Waals surface area contributed by atoms with Gasteiger partial charge in [-0.05, 0) is 21.9 Å². The lowest BCUT2D eigenvalue weighted by Crippen LogP contribution is -1.98. The minimum Gasteiger partial charge on any atom is -0.318 e.